The van der Waals surface area contributed by atoms with E-state index in [1.165, 1.54) is 11.3 Å². The summed E-state index contributed by atoms with van der Waals surface area (Å²) in [5, 5.41) is 21.0. The molecule has 0 saturated carbocycles. The summed E-state index contributed by atoms with van der Waals surface area (Å²) < 4.78 is 0. The molecule has 0 spiro atoms. The molecule has 0 aliphatic carbocycles. The molecule has 14 heavy (non-hydrogen) atoms. The number of nitrogens with zero attached hydrogens (tertiary/aromatic N) is 2. The molecule has 0 fully saturated rings. The summed E-state index contributed by atoms with van der Waals surface area (Å²) in [7, 11) is 0. The van der Waals surface area contributed by atoms with E-state index < -0.39 is 0 Å². The van der Waals surface area contributed by atoms with E-state index >= 15 is 0 Å². The van der Waals surface area contributed by atoms with Gasteiger partial charge in [0.2, 0.25) is 5.13 Å². The lowest BCUT2D eigenvalue weighted by Gasteiger charge is -2.29. The van der Waals surface area contributed by atoms with Crippen molar-refractivity contribution in [1.82, 2.24) is 10.2 Å². The Morgan fingerprint density at radius 1 is 1.50 bits per heavy atom. The Hall–Kier alpha value is -0.680. The first-order valence-corrected chi connectivity index (χ1v) is 5.75. The lowest BCUT2D eigenvalue weighted by atomic mass is 9.83. The van der Waals surface area contributed by atoms with E-state index in [0.29, 0.717) is 0 Å². The van der Waals surface area contributed by atoms with Crippen molar-refractivity contribution in [2.45, 2.75) is 26.7 Å². The van der Waals surface area contributed by atoms with Gasteiger partial charge in [0.1, 0.15) is 5.51 Å². The predicted octanol–water partition coefficient (Wildman–Crippen LogP) is 1.75. The van der Waals surface area contributed by atoms with Gasteiger partial charge in [-0.2, -0.15) is 0 Å². The van der Waals surface area contributed by atoms with E-state index in [0.717, 1.165) is 24.5 Å². The van der Waals surface area contributed by atoms with Crippen LogP contribution in [0.3, 0.4) is 0 Å². The number of aliphatic hydroxyl groups is 1. The first kappa shape index (κ1) is 11.4. The van der Waals surface area contributed by atoms with Crippen LogP contribution in [0, 0.1) is 5.41 Å². The average molecular weight is 215 g/mol. The van der Waals surface area contributed by atoms with Crippen LogP contribution < -0.4 is 5.32 Å². The lowest BCUT2D eigenvalue weighted by molar-refractivity contribution is 0.127. The molecule has 5 heteroatoms. The lowest BCUT2D eigenvalue weighted by Crippen LogP contribution is -2.32. The summed E-state index contributed by atoms with van der Waals surface area (Å²) in [6.07, 6.45) is 1.93. The van der Waals surface area contributed by atoms with Gasteiger partial charge >= 0.3 is 0 Å². The first-order valence-electron chi connectivity index (χ1n) is 4.87. The Kier molecular flexibility index (Phi) is 4.28. The third-order valence-electron chi connectivity index (χ3n) is 2.81. The van der Waals surface area contributed by atoms with Crippen LogP contribution in [0.4, 0.5) is 5.13 Å². The van der Waals surface area contributed by atoms with Gasteiger partial charge in [-0.3, -0.25) is 0 Å². The molecule has 1 heterocycles. The van der Waals surface area contributed by atoms with Crippen LogP contribution in [-0.2, 0) is 0 Å². The summed E-state index contributed by atoms with van der Waals surface area (Å²) in [4.78, 5) is 0. The quantitative estimate of drug-likeness (QED) is 0.759. The molecule has 2 N–H and O–H groups in total. The predicted molar refractivity (Wildman–Crippen MR) is 58.5 cm³/mol. The van der Waals surface area contributed by atoms with E-state index in [4.69, 9.17) is 0 Å². The Morgan fingerprint density at radius 2 is 2.21 bits per heavy atom. The van der Waals surface area contributed by atoms with Crippen LogP contribution in [0.2, 0.25) is 0 Å². The molecule has 0 bridgehead atoms. The largest absolute Gasteiger partial charge is 0.396 e. The van der Waals surface area contributed by atoms with E-state index in [2.05, 4.69) is 29.4 Å². The van der Waals surface area contributed by atoms with Crippen molar-refractivity contribution in [2.24, 2.45) is 5.41 Å². The van der Waals surface area contributed by atoms with Crippen LogP contribution in [0.5, 0.6) is 0 Å². The summed E-state index contributed by atoms with van der Waals surface area (Å²) in [5.74, 6) is 0. The van der Waals surface area contributed by atoms with E-state index in [1.54, 1.807) is 5.51 Å². The molecule has 0 aliphatic heterocycles. The fraction of sp³-hybridized carbons (Fsp3) is 0.778. The van der Waals surface area contributed by atoms with Crippen molar-refractivity contribution in [3.05, 3.63) is 5.51 Å². The van der Waals surface area contributed by atoms with Crippen molar-refractivity contribution in [1.29, 1.82) is 0 Å². The maximum absolute atomic E-state index is 9.33. The minimum atomic E-state index is -0.0222. The summed E-state index contributed by atoms with van der Waals surface area (Å²) in [5.41, 5.74) is 1.67. The highest BCUT2D eigenvalue weighted by Crippen LogP contribution is 2.26. The van der Waals surface area contributed by atoms with Crippen LogP contribution in [0.1, 0.15) is 26.7 Å². The van der Waals surface area contributed by atoms with E-state index in [1.807, 2.05) is 0 Å². The van der Waals surface area contributed by atoms with Crippen molar-refractivity contribution in [3.8, 4) is 0 Å². The van der Waals surface area contributed by atoms with Crippen LogP contribution in [-0.4, -0.2) is 28.5 Å². The zero-order chi connectivity index (χ0) is 10.4. The normalized spacial score (nSPS) is 11.6. The molecule has 0 saturated heterocycles. The maximum atomic E-state index is 9.33. The molecule has 0 aromatic carbocycles. The number of nitrogens with one attached hydrogen (secondary N) is 1. The first-order chi connectivity index (χ1) is 6.76. The minimum Gasteiger partial charge on any atom is -0.396 e. The Labute approximate surface area is 88.4 Å². The van der Waals surface area contributed by atoms with Gasteiger partial charge in [0.25, 0.3) is 0 Å². The van der Waals surface area contributed by atoms with Gasteiger partial charge in [0.15, 0.2) is 0 Å². The third kappa shape index (κ3) is 2.65. The van der Waals surface area contributed by atoms with Crippen LogP contribution in [0.25, 0.3) is 0 Å². The summed E-state index contributed by atoms with van der Waals surface area (Å²) in [6.45, 7) is 5.17. The monoisotopic (exact) mass is 215 g/mol. The van der Waals surface area contributed by atoms with Crippen molar-refractivity contribution >= 4 is 16.5 Å². The Bertz CT molecular complexity index is 238. The molecular formula is C9H17N3OS. The van der Waals surface area contributed by atoms with Crippen LogP contribution in [0.15, 0.2) is 5.51 Å². The number of hydrogen-bond donors (Lipinski definition) is 2. The second-order valence-electron chi connectivity index (χ2n) is 3.46. The Morgan fingerprint density at radius 3 is 2.64 bits per heavy atom. The van der Waals surface area contributed by atoms with Crippen molar-refractivity contribution in [3.63, 3.8) is 0 Å². The number of aliphatic hydroxyl groups excluding tert-OH is 1. The van der Waals surface area contributed by atoms with Gasteiger partial charge in [-0.25, -0.2) is 0 Å². The molecule has 1 rings (SSSR count). The van der Waals surface area contributed by atoms with E-state index in [9.17, 15) is 5.11 Å². The molecule has 0 radical (unpaired) electrons. The van der Waals surface area contributed by atoms with Crippen molar-refractivity contribution in [2.75, 3.05) is 18.5 Å². The topological polar surface area (TPSA) is 58.0 Å². The third-order valence-corrected chi connectivity index (χ3v) is 3.46. The number of anilines is 1. The molecule has 4 nitrogen and oxygen atoms in total. The molecule has 80 valence electrons. The van der Waals surface area contributed by atoms with Crippen LogP contribution >= 0.6 is 11.3 Å². The zero-order valence-corrected chi connectivity index (χ0v) is 9.47. The maximum Gasteiger partial charge on any atom is 0.205 e. The smallest absolute Gasteiger partial charge is 0.205 e. The molecule has 0 aliphatic rings. The van der Waals surface area contributed by atoms with Gasteiger partial charge in [0.05, 0.1) is 6.61 Å². The van der Waals surface area contributed by atoms with Gasteiger partial charge in [0, 0.05) is 12.0 Å². The van der Waals surface area contributed by atoms with Gasteiger partial charge in [-0.15, -0.1) is 10.2 Å². The summed E-state index contributed by atoms with van der Waals surface area (Å²) >= 11 is 1.48. The highest BCUT2D eigenvalue weighted by Gasteiger charge is 2.25. The standard InChI is InChI=1S/C9H17N3OS/c1-3-9(4-2,6-13)5-10-8-12-11-7-14-8/h7,13H,3-6H2,1-2H3,(H,10,12). The minimum absolute atomic E-state index is 0.0222. The van der Waals surface area contributed by atoms with Gasteiger partial charge in [-0.05, 0) is 12.8 Å². The fourth-order valence-electron chi connectivity index (χ4n) is 1.29. The van der Waals surface area contributed by atoms with E-state index in [-0.39, 0.29) is 12.0 Å². The van der Waals surface area contributed by atoms with Gasteiger partial charge < -0.3 is 10.4 Å². The fourth-order valence-corrected chi connectivity index (χ4v) is 1.74. The molecule has 0 amide bonds. The highest BCUT2D eigenvalue weighted by molar-refractivity contribution is 7.13. The molecule has 0 atom stereocenters. The van der Waals surface area contributed by atoms with Crippen molar-refractivity contribution < 1.29 is 5.11 Å². The average Bonchev–Trinajstić information content (AvgIpc) is 2.74. The van der Waals surface area contributed by atoms with Gasteiger partial charge in [-0.1, -0.05) is 25.2 Å². The molecule has 1 aromatic heterocycles. The highest BCUT2D eigenvalue weighted by atomic mass is 32.1. The molecular weight excluding hydrogens is 198 g/mol. The molecule has 1 aromatic rings. The molecule has 0 unspecified atom stereocenters. The number of aromatic nitrogens is 2. The second-order valence-corrected chi connectivity index (χ2v) is 4.30. The second kappa shape index (κ2) is 5.26. The Balaban J connectivity index is 2.48. The number of rotatable bonds is 6. The summed E-state index contributed by atoms with van der Waals surface area (Å²) in [6, 6.07) is 0. The number of hydrogen-bond acceptors (Lipinski definition) is 5. The zero-order valence-electron chi connectivity index (χ0n) is 8.66. The SMILES string of the molecule is CCC(CC)(CO)CNc1nncs1.